The van der Waals surface area contributed by atoms with Crippen molar-refractivity contribution in [2.24, 2.45) is 0 Å². The first-order chi connectivity index (χ1) is 8.59. The van der Waals surface area contributed by atoms with Crippen molar-refractivity contribution in [3.05, 3.63) is 48.0 Å². The van der Waals surface area contributed by atoms with E-state index in [0.29, 0.717) is 5.56 Å². The molecule has 18 heavy (non-hydrogen) atoms. The van der Waals surface area contributed by atoms with E-state index in [1.165, 1.54) is 6.92 Å². The van der Waals surface area contributed by atoms with E-state index in [4.69, 9.17) is 0 Å². The van der Waals surface area contributed by atoms with Crippen molar-refractivity contribution in [1.82, 2.24) is 5.32 Å². The second-order valence-electron chi connectivity index (χ2n) is 4.16. The topological polar surface area (TPSA) is 69.6 Å². The summed E-state index contributed by atoms with van der Waals surface area (Å²) in [6.07, 6.45) is 0. The number of hydrogen-bond donors (Lipinski definition) is 3. The summed E-state index contributed by atoms with van der Waals surface area (Å²) in [5.41, 5.74) is 0.693. The van der Waals surface area contributed by atoms with Gasteiger partial charge >= 0.3 is 7.12 Å². The molecule has 2 aromatic carbocycles. The maximum Gasteiger partial charge on any atom is 0.480 e. The summed E-state index contributed by atoms with van der Waals surface area (Å²) in [5, 5.41) is 23.3. The van der Waals surface area contributed by atoms with Crippen molar-refractivity contribution < 1.29 is 14.8 Å². The molecule has 0 fully saturated rings. The van der Waals surface area contributed by atoms with Crippen LogP contribution in [-0.4, -0.2) is 23.1 Å². The van der Waals surface area contributed by atoms with Gasteiger partial charge in [-0.3, -0.25) is 4.79 Å². The van der Waals surface area contributed by atoms with Gasteiger partial charge in [-0.15, -0.1) is 0 Å². The highest BCUT2D eigenvalue weighted by atomic mass is 16.4. The lowest BCUT2D eigenvalue weighted by atomic mass is 9.74. The molecule has 1 amide bonds. The Hall–Kier alpha value is -1.85. The molecule has 0 aliphatic carbocycles. The first kappa shape index (κ1) is 12.6. The van der Waals surface area contributed by atoms with Crippen LogP contribution in [0.15, 0.2) is 42.5 Å². The second-order valence-corrected chi connectivity index (χ2v) is 4.16. The summed E-state index contributed by atoms with van der Waals surface area (Å²) in [4.78, 5) is 11.1. The van der Waals surface area contributed by atoms with Crippen molar-refractivity contribution in [1.29, 1.82) is 0 Å². The van der Waals surface area contributed by atoms with Crippen molar-refractivity contribution in [2.75, 3.05) is 0 Å². The number of hydrogen-bond acceptors (Lipinski definition) is 3. The molecule has 0 aliphatic heterocycles. The molecule has 1 unspecified atom stereocenters. The molecule has 2 aromatic rings. The summed E-state index contributed by atoms with van der Waals surface area (Å²) in [7, 11) is -1.64. The van der Waals surface area contributed by atoms with Crippen LogP contribution in [0.5, 0.6) is 0 Å². The molecule has 0 heterocycles. The van der Waals surface area contributed by atoms with Crippen molar-refractivity contribution in [3.8, 4) is 0 Å². The zero-order valence-electron chi connectivity index (χ0n) is 10.00. The van der Waals surface area contributed by atoms with Crippen molar-refractivity contribution in [3.63, 3.8) is 0 Å². The van der Waals surface area contributed by atoms with Gasteiger partial charge in [0.15, 0.2) is 0 Å². The highest BCUT2D eigenvalue weighted by molar-refractivity contribution is 6.44. The smallest absolute Gasteiger partial charge is 0.426 e. The molecule has 3 N–H and O–H groups in total. The van der Waals surface area contributed by atoms with E-state index in [1.54, 1.807) is 6.07 Å². The minimum Gasteiger partial charge on any atom is -0.426 e. The summed E-state index contributed by atoms with van der Waals surface area (Å²) in [6, 6.07) is 13.2. The van der Waals surface area contributed by atoms with Crippen LogP contribution in [0, 0.1) is 0 Å². The van der Waals surface area contributed by atoms with Gasteiger partial charge in [0.2, 0.25) is 5.91 Å². The van der Waals surface area contributed by atoms with Crippen LogP contribution < -0.4 is 5.32 Å². The van der Waals surface area contributed by atoms with Crippen LogP contribution in [0.1, 0.15) is 18.4 Å². The molecule has 4 nitrogen and oxygen atoms in total. The Morgan fingerprint density at radius 2 is 1.83 bits per heavy atom. The fourth-order valence-corrected chi connectivity index (χ4v) is 2.05. The Balaban J connectivity index is 2.53. The summed E-state index contributed by atoms with van der Waals surface area (Å²) in [6.45, 7) is 1.35. The van der Waals surface area contributed by atoms with Crippen LogP contribution in [0.25, 0.3) is 10.8 Å². The Morgan fingerprint density at radius 1 is 1.17 bits per heavy atom. The normalized spacial score (nSPS) is 12.2. The van der Waals surface area contributed by atoms with Crippen LogP contribution in [-0.2, 0) is 4.79 Å². The molecule has 0 radical (unpaired) electrons. The maximum absolute atomic E-state index is 11.1. The highest BCUT2D eigenvalue weighted by Gasteiger charge is 2.27. The first-order valence-corrected chi connectivity index (χ1v) is 5.70. The lowest BCUT2D eigenvalue weighted by Gasteiger charge is -2.19. The monoisotopic (exact) mass is 243 g/mol. The third-order valence-electron chi connectivity index (χ3n) is 2.82. The third-order valence-corrected chi connectivity index (χ3v) is 2.82. The third kappa shape index (κ3) is 2.52. The van der Waals surface area contributed by atoms with Gasteiger partial charge in [0.1, 0.15) is 0 Å². The molecular weight excluding hydrogens is 229 g/mol. The van der Waals surface area contributed by atoms with Crippen LogP contribution in [0.4, 0.5) is 0 Å². The van der Waals surface area contributed by atoms with Gasteiger partial charge < -0.3 is 15.4 Å². The highest BCUT2D eigenvalue weighted by Crippen LogP contribution is 2.24. The van der Waals surface area contributed by atoms with E-state index in [9.17, 15) is 14.8 Å². The molecule has 2 rings (SSSR count). The number of rotatable bonds is 3. The number of carbonyl (C=O) groups excluding carboxylic acids is 1. The maximum atomic E-state index is 11.1. The van der Waals surface area contributed by atoms with Crippen molar-refractivity contribution in [2.45, 2.75) is 12.9 Å². The van der Waals surface area contributed by atoms with E-state index in [0.717, 1.165) is 10.8 Å². The number of carbonyl (C=O) groups is 1. The summed E-state index contributed by atoms with van der Waals surface area (Å²) in [5.74, 6) is -1.13. The van der Waals surface area contributed by atoms with E-state index in [2.05, 4.69) is 5.32 Å². The van der Waals surface area contributed by atoms with Crippen LogP contribution in [0.2, 0.25) is 0 Å². The zero-order valence-corrected chi connectivity index (χ0v) is 10.00. The fourth-order valence-electron chi connectivity index (χ4n) is 2.05. The molecule has 0 saturated carbocycles. The number of benzene rings is 2. The molecule has 1 atom stereocenters. The Morgan fingerprint density at radius 3 is 2.50 bits per heavy atom. The van der Waals surface area contributed by atoms with E-state index >= 15 is 0 Å². The molecule has 0 saturated heterocycles. The Labute approximate surface area is 105 Å². The Kier molecular flexibility index (Phi) is 3.65. The quantitative estimate of drug-likeness (QED) is 0.705. The number of amides is 1. The largest absolute Gasteiger partial charge is 0.480 e. The molecule has 92 valence electrons. The predicted molar refractivity (Wildman–Crippen MR) is 70.7 cm³/mol. The molecule has 0 aliphatic rings. The standard InChI is InChI=1S/C13H14BNO3/c1-9(16)15-13(14(17)18)12-8-4-6-10-5-2-3-7-11(10)12/h2-8,13,17-18H,1H3,(H,15,16). The molecule has 0 spiro atoms. The summed E-state index contributed by atoms with van der Waals surface area (Å²) >= 11 is 0. The SMILES string of the molecule is CC(=O)NC(B(O)O)c1cccc2ccccc12. The number of fused-ring (bicyclic) bond motifs is 1. The number of nitrogens with one attached hydrogen (secondary N) is 1. The predicted octanol–water partition coefficient (Wildman–Crippen LogP) is 1.03. The van der Waals surface area contributed by atoms with Crippen LogP contribution in [0.3, 0.4) is 0 Å². The van der Waals surface area contributed by atoms with Gasteiger partial charge in [0.05, 0.1) is 5.94 Å². The average molecular weight is 243 g/mol. The van der Waals surface area contributed by atoms with Gasteiger partial charge in [-0.05, 0) is 16.3 Å². The van der Waals surface area contributed by atoms with Gasteiger partial charge in [0, 0.05) is 6.92 Å². The minimum atomic E-state index is -1.64. The molecule has 0 bridgehead atoms. The second kappa shape index (κ2) is 5.20. The first-order valence-electron chi connectivity index (χ1n) is 5.70. The van der Waals surface area contributed by atoms with E-state index in [-0.39, 0.29) is 5.91 Å². The molecular formula is C13H14BNO3. The van der Waals surface area contributed by atoms with E-state index in [1.807, 2.05) is 36.4 Å². The zero-order chi connectivity index (χ0) is 13.1. The van der Waals surface area contributed by atoms with Gasteiger partial charge in [-0.25, -0.2) is 0 Å². The van der Waals surface area contributed by atoms with Gasteiger partial charge in [-0.2, -0.15) is 0 Å². The van der Waals surface area contributed by atoms with Crippen molar-refractivity contribution >= 4 is 23.8 Å². The van der Waals surface area contributed by atoms with Gasteiger partial charge in [-0.1, -0.05) is 42.5 Å². The average Bonchev–Trinajstić information content (AvgIpc) is 2.35. The van der Waals surface area contributed by atoms with E-state index < -0.39 is 13.1 Å². The molecule has 0 aromatic heterocycles. The lowest BCUT2D eigenvalue weighted by molar-refractivity contribution is -0.119. The minimum absolute atomic E-state index is 0.305. The van der Waals surface area contributed by atoms with Gasteiger partial charge in [0.25, 0.3) is 0 Å². The van der Waals surface area contributed by atoms with Crippen LogP contribution >= 0.6 is 0 Å². The lowest BCUT2D eigenvalue weighted by Crippen LogP contribution is -2.38. The molecule has 5 heteroatoms. The summed E-state index contributed by atoms with van der Waals surface area (Å²) < 4.78 is 0. The fraction of sp³-hybridized carbons (Fsp3) is 0.154. The Bertz CT molecular complexity index is 566.